The molecule has 1 aromatic carbocycles. The van der Waals surface area contributed by atoms with Crippen LogP contribution in [0.5, 0.6) is 0 Å². The van der Waals surface area contributed by atoms with E-state index in [1.807, 2.05) is 24.3 Å². The van der Waals surface area contributed by atoms with Gasteiger partial charge >= 0.3 is 5.97 Å². The number of ether oxygens (including phenoxy) is 1. The SMILES string of the molecule is CCOC(=O)c1nn(-c2cccc(Br)c2)c2c1CC1C(F)(F)C1(C)C2. The minimum Gasteiger partial charge on any atom is -0.461 e. The second kappa shape index (κ2) is 5.37. The smallest absolute Gasteiger partial charge is 0.359 e. The first-order chi connectivity index (χ1) is 11.8. The van der Waals surface area contributed by atoms with Gasteiger partial charge in [-0.25, -0.2) is 18.3 Å². The summed E-state index contributed by atoms with van der Waals surface area (Å²) >= 11 is 3.41. The molecule has 1 fully saturated rings. The molecule has 7 heteroatoms. The Morgan fingerprint density at radius 1 is 1.48 bits per heavy atom. The summed E-state index contributed by atoms with van der Waals surface area (Å²) in [6.07, 6.45) is 0.347. The maximum atomic E-state index is 14.3. The first-order valence-electron chi connectivity index (χ1n) is 8.21. The Hall–Kier alpha value is -1.76. The normalized spacial score (nSPS) is 25.9. The topological polar surface area (TPSA) is 44.1 Å². The number of esters is 1. The molecule has 2 aromatic rings. The van der Waals surface area contributed by atoms with Crippen molar-refractivity contribution in [3.05, 3.63) is 45.7 Å². The second-order valence-electron chi connectivity index (χ2n) is 6.86. The van der Waals surface area contributed by atoms with E-state index in [2.05, 4.69) is 21.0 Å². The highest BCUT2D eigenvalue weighted by Gasteiger charge is 2.78. The molecule has 0 spiro atoms. The summed E-state index contributed by atoms with van der Waals surface area (Å²) in [5, 5.41) is 4.43. The minimum absolute atomic E-state index is 0.154. The van der Waals surface area contributed by atoms with E-state index in [9.17, 15) is 13.6 Å². The summed E-state index contributed by atoms with van der Waals surface area (Å²) in [6.45, 7) is 3.54. The van der Waals surface area contributed by atoms with Gasteiger partial charge < -0.3 is 4.74 Å². The van der Waals surface area contributed by atoms with Crippen molar-refractivity contribution < 1.29 is 18.3 Å². The number of alkyl halides is 2. The molecule has 0 radical (unpaired) electrons. The van der Waals surface area contributed by atoms with Crippen LogP contribution >= 0.6 is 15.9 Å². The zero-order valence-electron chi connectivity index (χ0n) is 13.9. The van der Waals surface area contributed by atoms with Crippen molar-refractivity contribution >= 4 is 21.9 Å². The van der Waals surface area contributed by atoms with E-state index in [0.29, 0.717) is 11.3 Å². The van der Waals surface area contributed by atoms with Crippen LogP contribution in [0, 0.1) is 11.3 Å². The molecule has 4 rings (SSSR count). The van der Waals surface area contributed by atoms with Crippen LogP contribution in [0.4, 0.5) is 8.78 Å². The first-order valence-corrected chi connectivity index (χ1v) is 9.00. The Morgan fingerprint density at radius 3 is 2.92 bits per heavy atom. The molecular formula is C18H17BrF2N2O2. The van der Waals surface area contributed by atoms with Crippen LogP contribution in [-0.4, -0.2) is 28.3 Å². The lowest BCUT2D eigenvalue weighted by atomic mass is 9.87. The number of hydrogen-bond donors (Lipinski definition) is 0. The van der Waals surface area contributed by atoms with Gasteiger partial charge in [0.2, 0.25) is 0 Å². The summed E-state index contributed by atoms with van der Waals surface area (Å²) in [5.41, 5.74) is 1.10. The van der Waals surface area contributed by atoms with Crippen molar-refractivity contribution in [3.8, 4) is 5.69 Å². The molecule has 0 aliphatic heterocycles. The molecule has 0 saturated heterocycles. The quantitative estimate of drug-likeness (QED) is 0.712. The van der Waals surface area contributed by atoms with Crippen molar-refractivity contribution in [2.45, 2.75) is 32.6 Å². The van der Waals surface area contributed by atoms with Crippen LogP contribution in [0.25, 0.3) is 5.69 Å². The van der Waals surface area contributed by atoms with Gasteiger partial charge in [-0.3, -0.25) is 0 Å². The van der Waals surface area contributed by atoms with Crippen LogP contribution in [0.2, 0.25) is 0 Å². The van der Waals surface area contributed by atoms with E-state index in [1.54, 1.807) is 18.5 Å². The highest BCUT2D eigenvalue weighted by molar-refractivity contribution is 9.10. The van der Waals surface area contributed by atoms with Crippen LogP contribution < -0.4 is 0 Å². The molecule has 1 saturated carbocycles. The molecule has 132 valence electrons. The fraction of sp³-hybridized carbons (Fsp3) is 0.444. The maximum Gasteiger partial charge on any atom is 0.359 e. The van der Waals surface area contributed by atoms with Gasteiger partial charge in [-0.1, -0.05) is 28.9 Å². The van der Waals surface area contributed by atoms with Crippen LogP contribution in [-0.2, 0) is 17.6 Å². The third-order valence-corrected chi connectivity index (χ3v) is 5.93. The average molecular weight is 411 g/mol. The van der Waals surface area contributed by atoms with Crippen LogP contribution in [0.1, 0.15) is 35.6 Å². The predicted octanol–water partition coefficient (Wildman–Crippen LogP) is 4.18. The lowest BCUT2D eigenvalue weighted by Crippen LogP contribution is -2.18. The number of aromatic nitrogens is 2. The predicted molar refractivity (Wildman–Crippen MR) is 91.2 cm³/mol. The molecule has 25 heavy (non-hydrogen) atoms. The van der Waals surface area contributed by atoms with Gasteiger partial charge in [-0.2, -0.15) is 5.10 Å². The number of benzene rings is 1. The van der Waals surface area contributed by atoms with Crippen molar-refractivity contribution in [3.63, 3.8) is 0 Å². The molecule has 0 N–H and O–H groups in total. The van der Waals surface area contributed by atoms with Gasteiger partial charge in [0.15, 0.2) is 5.69 Å². The Bertz CT molecular complexity index is 880. The van der Waals surface area contributed by atoms with E-state index < -0.39 is 23.2 Å². The van der Waals surface area contributed by atoms with Crippen molar-refractivity contribution in [1.82, 2.24) is 9.78 Å². The molecule has 0 amide bonds. The van der Waals surface area contributed by atoms with Crippen LogP contribution in [0.3, 0.4) is 0 Å². The third kappa shape index (κ3) is 2.28. The third-order valence-electron chi connectivity index (χ3n) is 5.44. The van der Waals surface area contributed by atoms with E-state index >= 15 is 0 Å². The summed E-state index contributed by atoms with van der Waals surface area (Å²) in [7, 11) is 0. The number of carbonyl (C=O) groups excluding carboxylic acids is 1. The first kappa shape index (κ1) is 16.7. The molecule has 2 aliphatic carbocycles. The Kier molecular flexibility index (Phi) is 3.58. The van der Waals surface area contributed by atoms with Gasteiger partial charge in [0, 0.05) is 33.5 Å². The van der Waals surface area contributed by atoms with Crippen molar-refractivity contribution in [2.75, 3.05) is 6.61 Å². The number of fused-ring (bicyclic) bond motifs is 2. The van der Waals surface area contributed by atoms with E-state index in [0.717, 1.165) is 10.2 Å². The monoisotopic (exact) mass is 410 g/mol. The standard InChI is InChI=1S/C18H17BrF2N2O2/c1-3-25-16(24)15-12-8-14-17(2,18(14,20)21)9-13(12)23(22-15)11-6-4-5-10(19)7-11/h4-7,14H,3,8-9H2,1-2H3. The highest BCUT2D eigenvalue weighted by atomic mass is 79.9. The average Bonchev–Trinajstić information content (AvgIpc) is 2.85. The van der Waals surface area contributed by atoms with Gasteiger partial charge in [0.1, 0.15) is 0 Å². The zero-order valence-corrected chi connectivity index (χ0v) is 15.4. The molecule has 2 unspecified atom stereocenters. The Balaban J connectivity index is 1.86. The van der Waals surface area contributed by atoms with E-state index in [-0.39, 0.29) is 25.1 Å². The minimum atomic E-state index is -2.71. The second-order valence-corrected chi connectivity index (χ2v) is 7.78. The van der Waals surface area contributed by atoms with Gasteiger partial charge in [-0.15, -0.1) is 0 Å². The number of hydrogen-bond acceptors (Lipinski definition) is 3. The maximum absolute atomic E-state index is 14.3. The van der Waals surface area contributed by atoms with E-state index in [1.165, 1.54) is 0 Å². The molecule has 2 atom stereocenters. The van der Waals surface area contributed by atoms with E-state index in [4.69, 9.17) is 4.74 Å². The highest BCUT2D eigenvalue weighted by Crippen LogP contribution is 2.70. The molecule has 1 heterocycles. The molecule has 1 aromatic heterocycles. The molecule has 4 nitrogen and oxygen atoms in total. The Morgan fingerprint density at radius 2 is 2.24 bits per heavy atom. The van der Waals surface area contributed by atoms with Gasteiger partial charge in [0.25, 0.3) is 5.92 Å². The van der Waals surface area contributed by atoms with Gasteiger partial charge in [0.05, 0.1) is 12.3 Å². The lowest BCUT2D eigenvalue weighted by molar-refractivity contribution is 0.0515. The fourth-order valence-electron chi connectivity index (χ4n) is 3.89. The van der Waals surface area contributed by atoms with Crippen molar-refractivity contribution in [1.29, 1.82) is 0 Å². The summed E-state index contributed by atoms with van der Waals surface area (Å²) in [5.74, 6) is -4.00. The van der Waals surface area contributed by atoms with Crippen LogP contribution in [0.15, 0.2) is 28.7 Å². The number of halogens is 3. The number of nitrogens with zero attached hydrogens (tertiary/aromatic N) is 2. The van der Waals surface area contributed by atoms with Gasteiger partial charge in [-0.05, 0) is 31.5 Å². The summed E-state index contributed by atoms with van der Waals surface area (Å²) < 4.78 is 36.1. The Labute approximate surface area is 152 Å². The fourth-order valence-corrected chi connectivity index (χ4v) is 4.27. The lowest BCUT2D eigenvalue weighted by Gasteiger charge is -2.18. The summed E-state index contributed by atoms with van der Waals surface area (Å²) in [6, 6.07) is 7.41. The molecule has 0 bridgehead atoms. The summed E-state index contributed by atoms with van der Waals surface area (Å²) in [4.78, 5) is 12.3. The molecular weight excluding hydrogens is 394 g/mol. The number of carbonyl (C=O) groups is 1. The number of rotatable bonds is 3. The zero-order chi connectivity index (χ0) is 18.0. The van der Waals surface area contributed by atoms with Crippen molar-refractivity contribution in [2.24, 2.45) is 11.3 Å². The molecule has 2 aliphatic rings. The largest absolute Gasteiger partial charge is 0.461 e.